The topological polar surface area (TPSA) is 260 Å². The number of halogens is 2. The number of carboxylic acids is 2. The van der Waals surface area contributed by atoms with Gasteiger partial charge < -0.3 is 51.2 Å². The van der Waals surface area contributed by atoms with E-state index in [-0.39, 0.29) is 63.3 Å². The summed E-state index contributed by atoms with van der Waals surface area (Å²) in [4.78, 5) is 75.9. The number of nitrogens with one attached hydrogen (secondary N) is 2. The Morgan fingerprint density at radius 2 is 1.39 bits per heavy atom. The molecule has 7 N–H and O–H groups in total. The van der Waals surface area contributed by atoms with Crippen LogP contribution >= 0.6 is 46.7 Å². The molecule has 21 heteroatoms. The summed E-state index contributed by atoms with van der Waals surface area (Å²) >= 11 is 15.2. The van der Waals surface area contributed by atoms with Crippen molar-refractivity contribution in [2.24, 2.45) is 5.73 Å². The van der Waals surface area contributed by atoms with Gasteiger partial charge in [-0.05, 0) is 52.3 Å². The molecule has 1 aromatic heterocycles. The van der Waals surface area contributed by atoms with Crippen molar-refractivity contribution in [3.63, 3.8) is 0 Å². The maximum absolute atomic E-state index is 13.1. The summed E-state index contributed by atoms with van der Waals surface area (Å²) < 4.78 is 3.83. The molecule has 3 aromatic rings. The second-order valence-electron chi connectivity index (χ2n) is 14.1. The molecule has 0 aliphatic carbocycles. The van der Waals surface area contributed by atoms with E-state index >= 15 is 0 Å². The third-order valence-corrected chi connectivity index (χ3v) is 13.4. The molecule has 2 aromatic carbocycles. The number of carbonyl (C=O) groups excluding carboxylic acids is 5. The number of carboxylic acid groups (broad SMARTS) is 2. The van der Waals surface area contributed by atoms with Crippen LogP contribution in [-0.2, 0) is 24.0 Å². The van der Waals surface area contributed by atoms with E-state index < -0.39 is 74.7 Å². The number of aromatic nitrogens is 1. The molecule has 0 bridgehead atoms. The van der Waals surface area contributed by atoms with Gasteiger partial charge in [0.2, 0.25) is 17.7 Å². The van der Waals surface area contributed by atoms with E-state index in [1.807, 2.05) is 6.07 Å². The first-order chi connectivity index (χ1) is 25.3. The van der Waals surface area contributed by atoms with Gasteiger partial charge in [-0.25, -0.2) is 4.79 Å². The van der Waals surface area contributed by atoms with Crippen LogP contribution in [0.2, 0.25) is 10.0 Å². The van der Waals surface area contributed by atoms with E-state index in [1.54, 1.807) is 77.1 Å². The molecule has 4 aliphatic heterocycles. The van der Waals surface area contributed by atoms with Gasteiger partial charge in [0.25, 0.3) is 5.91 Å². The van der Waals surface area contributed by atoms with Crippen LogP contribution in [0.3, 0.4) is 0 Å². The van der Waals surface area contributed by atoms with Crippen LogP contribution in [0.1, 0.15) is 55.4 Å². The Balaban J connectivity index is 0.000000246. The molecule has 4 saturated heterocycles. The normalized spacial score (nSPS) is 25.4. The van der Waals surface area contributed by atoms with E-state index in [2.05, 4.69) is 15.8 Å². The molecule has 7 rings (SSSR count). The number of fused-ring (bicyclic) bond motifs is 2. The minimum atomic E-state index is -1.32. The number of thioether (sulfide) groups is 2. The molecule has 0 saturated carbocycles. The Labute approximate surface area is 361 Å². The zero-order chi connectivity index (χ0) is 39.6. The second kappa shape index (κ2) is 16.9. The number of β-lactam (4-membered cyclic amide) rings is 2. The van der Waals surface area contributed by atoms with E-state index in [0.717, 1.165) is 0 Å². The van der Waals surface area contributed by atoms with Crippen LogP contribution in [0.25, 0.3) is 11.3 Å². The number of aliphatic carboxylic acids is 2. The van der Waals surface area contributed by atoms with Crippen molar-refractivity contribution in [2.45, 2.75) is 85.1 Å². The van der Waals surface area contributed by atoms with E-state index in [1.165, 1.54) is 33.3 Å². The van der Waals surface area contributed by atoms with Gasteiger partial charge in [-0.15, -0.1) is 23.5 Å². The van der Waals surface area contributed by atoms with Crippen LogP contribution in [0.15, 0.2) is 53.1 Å². The summed E-state index contributed by atoms with van der Waals surface area (Å²) in [6.45, 7) is 8.59. The van der Waals surface area contributed by atoms with Crippen LogP contribution < -0.4 is 51.0 Å². The number of carbonyl (C=O) groups is 6. The largest absolute Gasteiger partial charge is 1.00 e. The van der Waals surface area contributed by atoms with Crippen LogP contribution in [-0.4, -0.2) is 106 Å². The van der Waals surface area contributed by atoms with Gasteiger partial charge >= 0.3 is 35.5 Å². The molecular weight excluding hydrogens is 822 g/mol. The van der Waals surface area contributed by atoms with Crippen LogP contribution in [0, 0.1) is 6.92 Å². The molecule has 294 valence electrons. The Kier molecular flexibility index (Phi) is 13.7. The average molecular weight is 860 g/mol. The van der Waals surface area contributed by atoms with E-state index in [9.17, 15) is 39.0 Å². The maximum atomic E-state index is 13.1. The van der Waals surface area contributed by atoms with E-state index in [0.29, 0.717) is 21.2 Å². The molecule has 16 nitrogen and oxygen atoms in total. The number of benzene rings is 2. The molecular formula is C35H37Cl2N6NaO10S2. The van der Waals surface area contributed by atoms with E-state index in [4.69, 9.17) is 33.5 Å². The Morgan fingerprint density at radius 3 is 1.91 bits per heavy atom. The van der Waals surface area contributed by atoms with Crippen molar-refractivity contribution in [1.29, 1.82) is 0 Å². The quantitative estimate of drug-likeness (QED) is 0.147. The second-order valence-corrected chi connectivity index (χ2v) is 18.4. The molecule has 4 fully saturated rings. The summed E-state index contributed by atoms with van der Waals surface area (Å²) in [7, 11) is 0. The van der Waals surface area contributed by atoms with Gasteiger partial charge in [0.15, 0.2) is 0 Å². The maximum Gasteiger partial charge on any atom is 1.00 e. The first-order valence-electron chi connectivity index (χ1n) is 16.5. The SMILES string of the molecule is CC1(C)S[C@@H]2[C@H](NC(=O)[C@H](N)c3ccccc3)C(=O)N2[C@H]1C(=O)O.Cc1onc(-c2c(Cl)cccc2Cl)c1C(=O)N[C@@H]1C(=O)N2[C@@H]1SC(C)(C)[C@@H]2C(=O)[O-].O.[Na+]. The summed E-state index contributed by atoms with van der Waals surface area (Å²) in [6.07, 6.45) is 0. The average Bonchev–Trinajstić information content (AvgIpc) is 3.70. The molecule has 0 radical (unpaired) electrons. The van der Waals surface area contributed by atoms with Crippen LogP contribution in [0.5, 0.6) is 0 Å². The summed E-state index contributed by atoms with van der Waals surface area (Å²) in [5, 5.41) is 29.9. The van der Waals surface area contributed by atoms with Crippen molar-refractivity contribution in [1.82, 2.24) is 25.6 Å². The number of amides is 4. The van der Waals surface area contributed by atoms with Gasteiger partial charge in [-0.2, -0.15) is 0 Å². The fraction of sp³-hybridized carbons (Fsp3) is 0.400. The number of nitrogens with zero attached hydrogens (tertiary/aromatic N) is 3. The zero-order valence-corrected chi connectivity index (χ0v) is 36.0. The first kappa shape index (κ1) is 45.4. The predicted octanol–water partition coefficient (Wildman–Crippen LogP) is -1.64. The molecule has 56 heavy (non-hydrogen) atoms. The molecule has 0 spiro atoms. The van der Waals surface area contributed by atoms with Crippen molar-refractivity contribution in [3.05, 3.63) is 75.5 Å². The molecule has 0 unspecified atom stereocenters. The first-order valence-corrected chi connectivity index (χ1v) is 19.1. The van der Waals surface area contributed by atoms with Gasteiger partial charge in [-0.1, -0.05) is 64.8 Å². The van der Waals surface area contributed by atoms with Gasteiger partial charge in [0.1, 0.15) is 51.9 Å². The molecule has 4 aliphatic rings. The predicted molar refractivity (Wildman–Crippen MR) is 202 cm³/mol. The molecule has 7 atom stereocenters. The van der Waals surface area contributed by atoms with Crippen molar-refractivity contribution < 1.29 is 78.5 Å². The minimum absolute atomic E-state index is 0. The number of hydrogen-bond donors (Lipinski definition) is 4. The summed E-state index contributed by atoms with van der Waals surface area (Å²) in [5.74, 6) is -4.02. The summed E-state index contributed by atoms with van der Waals surface area (Å²) in [6, 6.07) is 9.31. The Bertz CT molecular complexity index is 2050. The van der Waals surface area contributed by atoms with Crippen molar-refractivity contribution >= 4 is 82.3 Å². The minimum Gasteiger partial charge on any atom is -0.548 e. The summed E-state index contributed by atoms with van der Waals surface area (Å²) in [5.41, 5.74) is 7.21. The third-order valence-electron chi connectivity index (χ3n) is 9.65. The van der Waals surface area contributed by atoms with Gasteiger partial charge in [0.05, 0.1) is 22.1 Å². The fourth-order valence-corrected chi connectivity index (χ4v) is 10.9. The van der Waals surface area contributed by atoms with Gasteiger partial charge in [-0.3, -0.25) is 19.2 Å². The van der Waals surface area contributed by atoms with Crippen molar-refractivity contribution in [2.75, 3.05) is 0 Å². The Hall–Kier alpha value is -3.33. The number of aryl methyl sites for hydroxylation is 1. The third kappa shape index (κ3) is 7.92. The Morgan fingerprint density at radius 1 is 0.893 bits per heavy atom. The monoisotopic (exact) mass is 858 g/mol. The molecule has 4 amide bonds. The number of rotatable bonds is 8. The smallest absolute Gasteiger partial charge is 0.548 e. The zero-order valence-electron chi connectivity index (χ0n) is 30.9. The standard InChI is InChI=1S/C19H17Cl2N3O5S.C16H19N3O4S.Na.H2O/c1-7-10(12(23-29-7)11-8(20)5-4-6-9(11)21)15(25)22-13-16(26)24-14(18(27)28)19(2,3)30-17(13)24;1-16(2)11(15(22)23)19-13(21)10(14(19)24-16)18-12(20)9(17)8-6-4-3-5-7-8;;/h4-6,13-14,17H,1-3H3,(H,22,25)(H,27,28);3-7,9-11,14H,17H2,1-2H3,(H,18,20)(H,22,23);;1H2/q;;+1;/p-1/t13-,14+,17-;9-,10-,11+,14-;;/m11../s1. The number of nitrogens with two attached hydrogens (primary N) is 1. The number of hydrogen-bond acceptors (Lipinski definition) is 12. The van der Waals surface area contributed by atoms with Gasteiger partial charge in [0, 0.05) is 15.1 Å². The van der Waals surface area contributed by atoms with Crippen molar-refractivity contribution in [3.8, 4) is 11.3 Å². The molecule has 5 heterocycles. The van der Waals surface area contributed by atoms with Crippen LogP contribution in [0.4, 0.5) is 0 Å². The fourth-order valence-electron chi connectivity index (χ4n) is 7.07.